The van der Waals surface area contributed by atoms with Crippen LogP contribution in [0.3, 0.4) is 0 Å². The molecule has 1 amide bonds. The summed E-state index contributed by atoms with van der Waals surface area (Å²) in [6.45, 7) is 3.81. The van der Waals surface area contributed by atoms with Gasteiger partial charge in [0.1, 0.15) is 0 Å². The zero-order chi connectivity index (χ0) is 8.72. The number of hydrogen-bond donors (Lipinski definition) is 1. The quantitative estimate of drug-likeness (QED) is 0.636. The first-order valence-corrected chi connectivity index (χ1v) is 4.58. The van der Waals surface area contributed by atoms with Crippen molar-refractivity contribution in [3.05, 3.63) is 0 Å². The summed E-state index contributed by atoms with van der Waals surface area (Å²) in [5, 5.41) is 8.84. The average molecular weight is 169 g/mol. The Balaban J connectivity index is 1.73. The summed E-state index contributed by atoms with van der Waals surface area (Å²) in [6, 6.07) is 0. The van der Waals surface area contributed by atoms with Crippen LogP contribution < -0.4 is 0 Å². The molecule has 0 aromatic carbocycles. The maximum Gasteiger partial charge on any atom is 0.219 e. The molecule has 1 N–H and O–H groups in total. The molecule has 1 heterocycles. The first kappa shape index (κ1) is 8.05. The van der Waals surface area contributed by atoms with Crippen molar-refractivity contribution in [2.45, 2.75) is 13.3 Å². The number of aliphatic hydroxyl groups excluding tert-OH is 1. The fourth-order valence-electron chi connectivity index (χ4n) is 2.10. The minimum absolute atomic E-state index is 0.187. The summed E-state index contributed by atoms with van der Waals surface area (Å²) in [6.07, 6.45) is 1.17. The topological polar surface area (TPSA) is 40.5 Å². The Bertz CT molecular complexity index is 199. The van der Waals surface area contributed by atoms with Gasteiger partial charge in [0.15, 0.2) is 0 Å². The van der Waals surface area contributed by atoms with Crippen LogP contribution in [0.2, 0.25) is 0 Å². The number of likely N-dealkylation sites (tertiary alicyclic amines) is 1. The standard InChI is InChI=1S/C9H15NO2/c1-6(12)10-3-8(4-10)9-2-7(9)5-11/h7-9,11H,2-5H2,1H3. The van der Waals surface area contributed by atoms with Gasteiger partial charge >= 0.3 is 0 Å². The van der Waals surface area contributed by atoms with Crippen LogP contribution in [-0.2, 0) is 4.79 Å². The van der Waals surface area contributed by atoms with Crippen LogP contribution in [0.1, 0.15) is 13.3 Å². The molecular formula is C9H15NO2. The molecule has 0 bridgehead atoms. The van der Waals surface area contributed by atoms with E-state index in [4.69, 9.17) is 5.11 Å². The van der Waals surface area contributed by atoms with E-state index >= 15 is 0 Å². The van der Waals surface area contributed by atoms with Crippen LogP contribution in [-0.4, -0.2) is 35.6 Å². The van der Waals surface area contributed by atoms with Gasteiger partial charge in [-0.3, -0.25) is 4.79 Å². The Hall–Kier alpha value is -0.570. The fourth-order valence-corrected chi connectivity index (χ4v) is 2.10. The molecule has 0 spiro atoms. The molecule has 2 aliphatic rings. The number of amides is 1. The second-order valence-corrected chi connectivity index (χ2v) is 4.03. The van der Waals surface area contributed by atoms with Crippen molar-refractivity contribution < 1.29 is 9.90 Å². The maximum atomic E-state index is 10.8. The van der Waals surface area contributed by atoms with Crippen molar-refractivity contribution in [1.29, 1.82) is 0 Å². The summed E-state index contributed by atoms with van der Waals surface area (Å²) in [4.78, 5) is 12.7. The van der Waals surface area contributed by atoms with Gasteiger partial charge in [-0.25, -0.2) is 0 Å². The number of rotatable bonds is 2. The smallest absolute Gasteiger partial charge is 0.219 e. The maximum absolute atomic E-state index is 10.8. The summed E-state index contributed by atoms with van der Waals surface area (Å²) in [5.41, 5.74) is 0. The van der Waals surface area contributed by atoms with Gasteiger partial charge in [-0.05, 0) is 24.2 Å². The van der Waals surface area contributed by atoms with E-state index in [1.807, 2.05) is 4.90 Å². The summed E-state index contributed by atoms with van der Waals surface area (Å²) in [7, 11) is 0. The van der Waals surface area contributed by atoms with Gasteiger partial charge in [0, 0.05) is 26.6 Å². The molecule has 68 valence electrons. The minimum Gasteiger partial charge on any atom is -0.396 e. The SMILES string of the molecule is CC(=O)N1CC(C2CC2CO)C1. The first-order chi connectivity index (χ1) is 5.72. The van der Waals surface area contributed by atoms with Gasteiger partial charge in [-0.15, -0.1) is 0 Å². The molecule has 1 aliphatic heterocycles. The Kier molecular flexibility index (Phi) is 1.83. The number of carbonyl (C=O) groups is 1. The lowest BCUT2D eigenvalue weighted by Crippen LogP contribution is -2.50. The van der Waals surface area contributed by atoms with Crippen LogP contribution in [0.25, 0.3) is 0 Å². The van der Waals surface area contributed by atoms with Crippen molar-refractivity contribution in [2.75, 3.05) is 19.7 Å². The first-order valence-electron chi connectivity index (χ1n) is 4.58. The van der Waals surface area contributed by atoms with Gasteiger partial charge in [0.25, 0.3) is 0 Å². The Morgan fingerprint density at radius 3 is 2.67 bits per heavy atom. The van der Waals surface area contributed by atoms with Gasteiger partial charge in [-0.1, -0.05) is 0 Å². The molecule has 1 saturated carbocycles. The van der Waals surface area contributed by atoms with Crippen LogP contribution in [0, 0.1) is 17.8 Å². The molecule has 1 saturated heterocycles. The van der Waals surface area contributed by atoms with Crippen molar-refractivity contribution in [3.8, 4) is 0 Å². The van der Waals surface area contributed by atoms with E-state index < -0.39 is 0 Å². The van der Waals surface area contributed by atoms with Crippen LogP contribution in [0.5, 0.6) is 0 Å². The van der Waals surface area contributed by atoms with Gasteiger partial charge in [0.05, 0.1) is 0 Å². The molecule has 0 aromatic heterocycles. The number of nitrogens with zero attached hydrogens (tertiary/aromatic N) is 1. The third-order valence-electron chi connectivity index (χ3n) is 3.17. The van der Waals surface area contributed by atoms with Gasteiger partial charge in [-0.2, -0.15) is 0 Å². The monoisotopic (exact) mass is 169 g/mol. The van der Waals surface area contributed by atoms with E-state index in [1.165, 1.54) is 6.42 Å². The van der Waals surface area contributed by atoms with Gasteiger partial charge in [0.2, 0.25) is 5.91 Å². The molecule has 1 aliphatic carbocycles. The number of carbonyl (C=O) groups excluding carboxylic acids is 1. The molecule has 12 heavy (non-hydrogen) atoms. The number of aliphatic hydroxyl groups is 1. The molecule has 3 heteroatoms. The highest BCUT2D eigenvalue weighted by atomic mass is 16.3. The summed E-state index contributed by atoms with van der Waals surface area (Å²) >= 11 is 0. The van der Waals surface area contributed by atoms with Crippen LogP contribution >= 0.6 is 0 Å². The Morgan fingerprint density at radius 2 is 2.25 bits per heavy atom. The van der Waals surface area contributed by atoms with E-state index in [0.29, 0.717) is 24.4 Å². The molecule has 2 atom stereocenters. The molecule has 0 radical (unpaired) electrons. The Morgan fingerprint density at radius 1 is 1.58 bits per heavy atom. The third kappa shape index (κ3) is 1.22. The zero-order valence-electron chi connectivity index (χ0n) is 7.36. The molecule has 2 fully saturated rings. The zero-order valence-corrected chi connectivity index (χ0v) is 7.36. The van der Waals surface area contributed by atoms with Crippen molar-refractivity contribution >= 4 is 5.91 Å². The molecule has 0 aromatic rings. The molecule has 3 nitrogen and oxygen atoms in total. The second kappa shape index (κ2) is 2.73. The summed E-state index contributed by atoms with van der Waals surface area (Å²) in [5.74, 6) is 2.13. The fraction of sp³-hybridized carbons (Fsp3) is 0.889. The second-order valence-electron chi connectivity index (χ2n) is 4.03. The van der Waals surface area contributed by atoms with E-state index in [2.05, 4.69) is 0 Å². The Labute approximate surface area is 72.4 Å². The van der Waals surface area contributed by atoms with Crippen molar-refractivity contribution in [2.24, 2.45) is 17.8 Å². The van der Waals surface area contributed by atoms with Crippen molar-refractivity contribution in [1.82, 2.24) is 4.90 Å². The van der Waals surface area contributed by atoms with E-state index in [9.17, 15) is 4.79 Å². The lowest BCUT2D eigenvalue weighted by Gasteiger charge is -2.39. The van der Waals surface area contributed by atoms with Gasteiger partial charge < -0.3 is 10.0 Å². The normalized spacial score (nSPS) is 34.7. The average Bonchev–Trinajstić information content (AvgIpc) is 2.63. The highest BCUT2D eigenvalue weighted by Crippen LogP contribution is 2.46. The predicted octanol–water partition coefficient (Wildman–Crippen LogP) is 0.0931. The lowest BCUT2D eigenvalue weighted by atomic mass is 9.93. The predicted molar refractivity (Wildman–Crippen MR) is 44.4 cm³/mol. The largest absolute Gasteiger partial charge is 0.396 e. The molecule has 2 rings (SSSR count). The highest BCUT2D eigenvalue weighted by molar-refractivity contribution is 5.74. The van der Waals surface area contributed by atoms with E-state index in [-0.39, 0.29) is 5.91 Å². The summed E-state index contributed by atoms with van der Waals surface area (Å²) < 4.78 is 0. The van der Waals surface area contributed by atoms with Crippen LogP contribution in [0.15, 0.2) is 0 Å². The minimum atomic E-state index is 0.187. The molecular weight excluding hydrogens is 154 g/mol. The highest BCUT2D eigenvalue weighted by Gasteiger charge is 2.47. The molecule has 2 unspecified atom stereocenters. The van der Waals surface area contributed by atoms with Crippen LogP contribution in [0.4, 0.5) is 0 Å². The van der Waals surface area contributed by atoms with E-state index in [1.54, 1.807) is 6.92 Å². The third-order valence-corrected chi connectivity index (χ3v) is 3.17. The lowest BCUT2D eigenvalue weighted by molar-refractivity contribution is -0.135. The van der Waals surface area contributed by atoms with E-state index in [0.717, 1.165) is 13.1 Å². The number of hydrogen-bond acceptors (Lipinski definition) is 2. The van der Waals surface area contributed by atoms with Crippen molar-refractivity contribution in [3.63, 3.8) is 0 Å².